The first-order valence-electron chi connectivity index (χ1n) is 16.6. The molecule has 0 bridgehead atoms. The fourth-order valence-electron chi connectivity index (χ4n) is 6.14. The van der Waals surface area contributed by atoms with E-state index >= 15 is 0 Å². The molecule has 0 fully saturated rings. The lowest BCUT2D eigenvalue weighted by Crippen LogP contribution is -2.15. The fraction of sp³-hybridized carbons (Fsp3) is 0.0909. The molecule has 1 heterocycles. The quantitative estimate of drug-likeness (QED) is 0.116. The van der Waals surface area contributed by atoms with Crippen molar-refractivity contribution in [1.29, 1.82) is 0 Å². The molecule has 0 aliphatic heterocycles. The Bertz CT molecular complexity index is 2170. The fourth-order valence-corrected chi connectivity index (χ4v) is 6.14. The molecule has 0 saturated heterocycles. The molecule has 7 rings (SSSR count). The molecule has 49 heavy (non-hydrogen) atoms. The Labute approximate surface area is 287 Å². The molecule has 0 spiro atoms. The first-order chi connectivity index (χ1) is 24.1. The van der Waals surface area contributed by atoms with E-state index in [0.717, 1.165) is 40.7 Å². The third-order valence-electron chi connectivity index (χ3n) is 8.87. The SMILES string of the molecule is NC(=NCC1=CC=C(c2ccccc2)CC1)c1ccccc1-c1ccc(-c2ccccc2C(N)=NCc2ccc(-c3ccccc3)cc2)o1. The van der Waals surface area contributed by atoms with E-state index in [4.69, 9.17) is 25.9 Å². The van der Waals surface area contributed by atoms with Crippen molar-refractivity contribution in [2.75, 3.05) is 6.54 Å². The summed E-state index contributed by atoms with van der Waals surface area (Å²) in [6.45, 7) is 1.04. The van der Waals surface area contributed by atoms with Gasteiger partial charge < -0.3 is 15.9 Å². The van der Waals surface area contributed by atoms with Crippen LogP contribution in [0.25, 0.3) is 39.3 Å². The molecule has 1 aliphatic rings. The summed E-state index contributed by atoms with van der Waals surface area (Å²) in [4.78, 5) is 9.54. The lowest BCUT2D eigenvalue weighted by Gasteiger charge is -2.14. The molecule has 0 amide bonds. The average Bonchev–Trinajstić information content (AvgIpc) is 3.67. The van der Waals surface area contributed by atoms with Crippen LogP contribution in [0.15, 0.2) is 178 Å². The van der Waals surface area contributed by atoms with Crippen LogP contribution in [0, 0.1) is 0 Å². The first kappa shape index (κ1) is 31.4. The number of nitrogens with two attached hydrogens (primary N) is 2. The van der Waals surface area contributed by atoms with Crippen LogP contribution in [0.2, 0.25) is 0 Å². The topological polar surface area (TPSA) is 89.9 Å². The third kappa shape index (κ3) is 7.37. The van der Waals surface area contributed by atoms with E-state index in [1.54, 1.807) is 0 Å². The zero-order chi connectivity index (χ0) is 33.4. The van der Waals surface area contributed by atoms with Crippen molar-refractivity contribution in [1.82, 2.24) is 0 Å². The van der Waals surface area contributed by atoms with Gasteiger partial charge >= 0.3 is 0 Å². The van der Waals surface area contributed by atoms with Crippen molar-refractivity contribution in [2.45, 2.75) is 19.4 Å². The molecule has 0 saturated carbocycles. The second-order valence-electron chi connectivity index (χ2n) is 12.1. The second kappa shape index (κ2) is 14.7. The summed E-state index contributed by atoms with van der Waals surface area (Å²) < 4.78 is 6.46. The molecule has 1 aromatic heterocycles. The molecule has 0 unspecified atom stereocenters. The van der Waals surface area contributed by atoms with Gasteiger partial charge in [0.1, 0.15) is 23.2 Å². The van der Waals surface area contributed by atoms with Crippen molar-refractivity contribution in [3.8, 4) is 33.8 Å². The Kier molecular flexibility index (Phi) is 9.42. The van der Waals surface area contributed by atoms with Gasteiger partial charge in [-0.25, -0.2) is 0 Å². The number of benzene rings is 5. The van der Waals surface area contributed by atoms with Crippen LogP contribution in [0.3, 0.4) is 0 Å². The van der Waals surface area contributed by atoms with E-state index < -0.39 is 0 Å². The smallest absolute Gasteiger partial charge is 0.135 e. The van der Waals surface area contributed by atoms with Crippen LogP contribution >= 0.6 is 0 Å². The van der Waals surface area contributed by atoms with Gasteiger partial charge in [0.05, 0.1) is 13.1 Å². The molecule has 5 nitrogen and oxygen atoms in total. The predicted octanol–water partition coefficient (Wildman–Crippen LogP) is 9.70. The van der Waals surface area contributed by atoms with E-state index in [9.17, 15) is 0 Å². The number of amidine groups is 2. The summed E-state index contributed by atoms with van der Waals surface area (Å²) in [6.07, 6.45) is 6.35. The Hall–Kier alpha value is -6.20. The first-order valence-corrected chi connectivity index (χ1v) is 16.6. The Balaban J connectivity index is 1.07. The average molecular weight is 639 g/mol. The number of aliphatic imine (C=N–C) groups is 2. The number of allylic oxidation sites excluding steroid dienone is 3. The largest absolute Gasteiger partial charge is 0.456 e. The van der Waals surface area contributed by atoms with E-state index in [0.29, 0.717) is 36.3 Å². The Morgan fingerprint density at radius 1 is 0.490 bits per heavy atom. The van der Waals surface area contributed by atoms with Gasteiger partial charge in [0.2, 0.25) is 0 Å². The number of hydrogen-bond donors (Lipinski definition) is 2. The van der Waals surface area contributed by atoms with Gasteiger partial charge in [-0.2, -0.15) is 0 Å². The number of rotatable bonds is 10. The van der Waals surface area contributed by atoms with Gasteiger partial charge in [0.25, 0.3) is 0 Å². The molecule has 0 atom stereocenters. The van der Waals surface area contributed by atoms with Crippen molar-refractivity contribution < 1.29 is 4.42 Å². The third-order valence-corrected chi connectivity index (χ3v) is 8.87. The molecule has 6 aromatic rings. The van der Waals surface area contributed by atoms with Crippen LogP contribution in [0.5, 0.6) is 0 Å². The second-order valence-corrected chi connectivity index (χ2v) is 12.1. The van der Waals surface area contributed by atoms with Gasteiger partial charge in [0.15, 0.2) is 0 Å². The zero-order valence-corrected chi connectivity index (χ0v) is 27.3. The monoisotopic (exact) mass is 638 g/mol. The minimum Gasteiger partial charge on any atom is -0.456 e. The molecular weight excluding hydrogens is 601 g/mol. The lowest BCUT2D eigenvalue weighted by molar-refractivity contribution is 0.597. The van der Waals surface area contributed by atoms with Gasteiger partial charge in [0, 0.05) is 22.3 Å². The highest BCUT2D eigenvalue weighted by Crippen LogP contribution is 2.33. The van der Waals surface area contributed by atoms with E-state index in [-0.39, 0.29) is 0 Å². The van der Waals surface area contributed by atoms with Gasteiger partial charge in [-0.15, -0.1) is 0 Å². The number of hydrogen-bond acceptors (Lipinski definition) is 3. The van der Waals surface area contributed by atoms with E-state index in [2.05, 4.69) is 72.8 Å². The summed E-state index contributed by atoms with van der Waals surface area (Å²) in [6, 6.07) is 49.1. The molecule has 4 N–H and O–H groups in total. The minimum absolute atomic E-state index is 0.459. The maximum absolute atomic E-state index is 6.60. The van der Waals surface area contributed by atoms with Crippen LogP contribution in [0.4, 0.5) is 0 Å². The van der Waals surface area contributed by atoms with Crippen LogP contribution in [-0.2, 0) is 6.54 Å². The van der Waals surface area contributed by atoms with Crippen LogP contribution in [0.1, 0.15) is 35.1 Å². The molecule has 1 aliphatic carbocycles. The highest BCUT2D eigenvalue weighted by atomic mass is 16.3. The Morgan fingerprint density at radius 3 is 1.57 bits per heavy atom. The maximum Gasteiger partial charge on any atom is 0.135 e. The highest BCUT2D eigenvalue weighted by Gasteiger charge is 2.16. The molecule has 0 radical (unpaired) electrons. The van der Waals surface area contributed by atoms with E-state index in [1.807, 2.05) is 84.9 Å². The lowest BCUT2D eigenvalue weighted by atomic mass is 9.93. The summed E-state index contributed by atoms with van der Waals surface area (Å²) >= 11 is 0. The minimum atomic E-state index is 0.459. The molecule has 240 valence electrons. The number of nitrogens with zero attached hydrogens (tertiary/aromatic N) is 2. The summed E-state index contributed by atoms with van der Waals surface area (Å²) in [5.41, 5.74) is 23.9. The normalized spacial score (nSPS) is 13.6. The van der Waals surface area contributed by atoms with E-state index in [1.165, 1.54) is 27.8 Å². The maximum atomic E-state index is 6.60. The zero-order valence-electron chi connectivity index (χ0n) is 27.3. The van der Waals surface area contributed by atoms with Gasteiger partial charge in [-0.05, 0) is 58.4 Å². The highest BCUT2D eigenvalue weighted by molar-refractivity contribution is 6.04. The standard InChI is InChI=1S/C44H38N4O/c45-43(47-29-31-19-23-35(24-20-31)33-11-3-1-4-12-33)39-17-9-7-15-37(39)41-27-28-42(49-41)38-16-8-10-18-40(38)44(46)48-30-32-21-25-36(26-22-32)34-13-5-2-6-14-34/h1-21,23-25,27-28H,22,26,29-30H2,(H2,45,47)(H2,46,48). The van der Waals surface area contributed by atoms with Crippen LogP contribution in [-0.4, -0.2) is 18.2 Å². The van der Waals surface area contributed by atoms with Crippen molar-refractivity contribution in [3.63, 3.8) is 0 Å². The van der Waals surface area contributed by atoms with Crippen molar-refractivity contribution >= 4 is 17.2 Å². The van der Waals surface area contributed by atoms with Gasteiger partial charge in [-0.3, -0.25) is 9.98 Å². The van der Waals surface area contributed by atoms with Crippen LogP contribution < -0.4 is 11.5 Å². The molecular formula is C44H38N4O. The molecule has 5 heteroatoms. The summed E-state index contributed by atoms with van der Waals surface area (Å²) in [5, 5.41) is 0. The van der Waals surface area contributed by atoms with Crippen molar-refractivity contribution in [3.05, 3.63) is 186 Å². The number of furan rings is 1. The summed E-state index contributed by atoms with van der Waals surface area (Å²) in [7, 11) is 0. The van der Waals surface area contributed by atoms with Crippen molar-refractivity contribution in [2.24, 2.45) is 21.5 Å². The molecule has 5 aromatic carbocycles. The Morgan fingerprint density at radius 2 is 1.00 bits per heavy atom. The summed E-state index contributed by atoms with van der Waals surface area (Å²) in [5.74, 6) is 2.36. The van der Waals surface area contributed by atoms with Gasteiger partial charge in [-0.1, -0.05) is 146 Å². The predicted molar refractivity (Wildman–Crippen MR) is 203 cm³/mol.